The highest BCUT2D eigenvalue weighted by Gasteiger charge is 2.10. The van der Waals surface area contributed by atoms with Crippen LogP contribution in [0.3, 0.4) is 0 Å². The molecule has 0 N–H and O–H groups in total. The van der Waals surface area contributed by atoms with E-state index >= 15 is 0 Å². The smallest absolute Gasteiger partial charge is 0.338 e. The third-order valence-corrected chi connectivity index (χ3v) is 4.19. The highest BCUT2D eigenvalue weighted by molar-refractivity contribution is 9.10. The van der Waals surface area contributed by atoms with E-state index in [0.29, 0.717) is 11.1 Å². The minimum absolute atomic E-state index is 0.169. The van der Waals surface area contributed by atoms with Crippen LogP contribution in [-0.2, 0) is 4.74 Å². The molecule has 0 unspecified atom stereocenters. The van der Waals surface area contributed by atoms with Gasteiger partial charge in [-0.1, -0.05) is 22.0 Å². The van der Waals surface area contributed by atoms with Crippen LogP contribution in [-0.4, -0.2) is 29.2 Å². The number of fused-ring (bicyclic) bond motifs is 1. The second kappa shape index (κ2) is 7.61. The van der Waals surface area contributed by atoms with Crippen LogP contribution >= 0.6 is 15.9 Å². The fraction of sp³-hybridized carbons (Fsp3) is 0.211. The Morgan fingerprint density at radius 3 is 2.52 bits per heavy atom. The largest absolute Gasteiger partial charge is 0.490 e. The molecule has 0 atom stereocenters. The molecule has 3 rings (SSSR count). The van der Waals surface area contributed by atoms with E-state index in [1.54, 1.807) is 18.2 Å². The summed E-state index contributed by atoms with van der Waals surface area (Å²) in [6.45, 7) is 4.26. The van der Waals surface area contributed by atoms with Crippen molar-refractivity contribution in [1.82, 2.24) is 9.97 Å². The summed E-state index contributed by atoms with van der Waals surface area (Å²) in [6, 6.07) is 12.7. The van der Waals surface area contributed by atoms with Gasteiger partial charge in [0, 0.05) is 4.47 Å². The van der Waals surface area contributed by atoms with Crippen LogP contribution in [0.15, 0.2) is 46.9 Å². The van der Waals surface area contributed by atoms with Gasteiger partial charge in [-0.3, -0.25) is 0 Å². The summed E-state index contributed by atoms with van der Waals surface area (Å²) >= 11 is 3.38. The van der Waals surface area contributed by atoms with E-state index in [1.807, 2.05) is 38.1 Å². The predicted octanol–water partition coefficient (Wildman–Crippen LogP) is 4.24. The number of hydrogen-bond donors (Lipinski definition) is 0. The molecule has 0 saturated carbocycles. The van der Waals surface area contributed by atoms with Crippen molar-refractivity contribution in [3.63, 3.8) is 0 Å². The SMILES string of the molecule is Cc1nc2ccc(C(=O)OCCOc3cccc(Br)c3)cc2nc1C. The lowest BCUT2D eigenvalue weighted by Gasteiger charge is -2.08. The average molecular weight is 401 g/mol. The van der Waals surface area contributed by atoms with Crippen molar-refractivity contribution >= 4 is 32.9 Å². The molecule has 2 aromatic carbocycles. The summed E-state index contributed by atoms with van der Waals surface area (Å²) in [6.07, 6.45) is 0. The fourth-order valence-electron chi connectivity index (χ4n) is 2.29. The standard InChI is InChI=1S/C19H17BrN2O3/c1-12-13(2)22-18-10-14(6-7-17(18)21-12)19(23)25-9-8-24-16-5-3-4-15(20)11-16/h3-7,10-11H,8-9H2,1-2H3. The number of aryl methyl sites for hydroxylation is 2. The number of carbonyl (C=O) groups excluding carboxylic acids is 1. The van der Waals surface area contributed by atoms with Crippen molar-refractivity contribution < 1.29 is 14.3 Å². The highest BCUT2D eigenvalue weighted by Crippen LogP contribution is 2.18. The van der Waals surface area contributed by atoms with Gasteiger partial charge in [0.2, 0.25) is 0 Å². The van der Waals surface area contributed by atoms with Gasteiger partial charge < -0.3 is 9.47 Å². The summed E-state index contributed by atoms with van der Waals surface area (Å²) < 4.78 is 11.7. The number of hydrogen-bond acceptors (Lipinski definition) is 5. The summed E-state index contributed by atoms with van der Waals surface area (Å²) in [7, 11) is 0. The van der Waals surface area contributed by atoms with Crippen LogP contribution in [0, 0.1) is 13.8 Å². The number of halogens is 1. The van der Waals surface area contributed by atoms with E-state index < -0.39 is 5.97 Å². The molecule has 0 spiro atoms. The Morgan fingerprint density at radius 1 is 1.00 bits per heavy atom. The van der Waals surface area contributed by atoms with Gasteiger partial charge in [0.25, 0.3) is 0 Å². The molecule has 0 aliphatic rings. The Balaban J connectivity index is 1.59. The first-order chi connectivity index (χ1) is 12.0. The molecule has 25 heavy (non-hydrogen) atoms. The van der Waals surface area contributed by atoms with Gasteiger partial charge >= 0.3 is 5.97 Å². The highest BCUT2D eigenvalue weighted by atomic mass is 79.9. The summed E-state index contributed by atoms with van der Waals surface area (Å²) in [5, 5.41) is 0. The van der Waals surface area contributed by atoms with E-state index in [2.05, 4.69) is 25.9 Å². The molecule has 128 valence electrons. The molecule has 0 amide bonds. The van der Waals surface area contributed by atoms with Crippen molar-refractivity contribution in [1.29, 1.82) is 0 Å². The monoisotopic (exact) mass is 400 g/mol. The Bertz CT molecular complexity index is 928. The fourth-order valence-corrected chi connectivity index (χ4v) is 2.67. The van der Waals surface area contributed by atoms with Crippen molar-refractivity contribution in [3.8, 4) is 5.75 Å². The zero-order valence-electron chi connectivity index (χ0n) is 14.0. The first kappa shape index (κ1) is 17.4. The second-order valence-corrected chi connectivity index (χ2v) is 6.46. The van der Waals surface area contributed by atoms with Crippen LogP contribution < -0.4 is 4.74 Å². The van der Waals surface area contributed by atoms with Crippen molar-refractivity contribution in [3.05, 3.63) is 63.9 Å². The molecular weight excluding hydrogens is 384 g/mol. The lowest BCUT2D eigenvalue weighted by molar-refractivity contribution is 0.0450. The summed E-state index contributed by atoms with van der Waals surface area (Å²) in [5.41, 5.74) is 3.63. The second-order valence-electron chi connectivity index (χ2n) is 5.54. The maximum atomic E-state index is 12.2. The Hall–Kier alpha value is -2.47. The first-order valence-electron chi connectivity index (χ1n) is 7.83. The summed E-state index contributed by atoms with van der Waals surface area (Å²) in [4.78, 5) is 21.1. The minimum atomic E-state index is -0.403. The Morgan fingerprint density at radius 2 is 1.76 bits per heavy atom. The molecule has 5 nitrogen and oxygen atoms in total. The lowest BCUT2D eigenvalue weighted by Crippen LogP contribution is -2.12. The first-order valence-corrected chi connectivity index (χ1v) is 8.63. The molecule has 0 aliphatic heterocycles. The van der Waals surface area contributed by atoms with Gasteiger partial charge in [0.05, 0.1) is 28.0 Å². The van der Waals surface area contributed by atoms with E-state index in [1.165, 1.54) is 0 Å². The normalized spacial score (nSPS) is 10.7. The van der Waals surface area contributed by atoms with Crippen LogP contribution in [0.25, 0.3) is 11.0 Å². The molecule has 1 heterocycles. The number of aromatic nitrogens is 2. The molecule has 0 radical (unpaired) electrons. The molecule has 0 saturated heterocycles. The number of carbonyl (C=O) groups is 1. The number of ether oxygens (including phenoxy) is 2. The van der Waals surface area contributed by atoms with Gasteiger partial charge in [-0.05, 0) is 50.2 Å². The number of benzene rings is 2. The molecule has 6 heteroatoms. The minimum Gasteiger partial charge on any atom is -0.490 e. The zero-order valence-corrected chi connectivity index (χ0v) is 15.5. The predicted molar refractivity (Wildman–Crippen MR) is 98.9 cm³/mol. The van der Waals surface area contributed by atoms with Crippen molar-refractivity contribution in [2.75, 3.05) is 13.2 Å². The van der Waals surface area contributed by atoms with Gasteiger partial charge in [-0.2, -0.15) is 0 Å². The van der Waals surface area contributed by atoms with E-state index in [9.17, 15) is 4.79 Å². The molecule has 0 fully saturated rings. The van der Waals surface area contributed by atoms with E-state index in [0.717, 1.165) is 27.1 Å². The van der Waals surface area contributed by atoms with Crippen LogP contribution in [0.1, 0.15) is 21.7 Å². The number of rotatable bonds is 5. The van der Waals surface area contributed by atoms with Crippen LogP contribution in [0.5, 0.6) is 5.75 Å². The van der Waals surface area contributed by atoms with Gasteiger partial charge in [0.15, 0.2) is 0 Å². The van der Waals surface area contributed by atoms with Crippen molar-refractivity contribution in [2.24, 2.45) is 0 Å². The van der Waals surface area contributed by atoms with Crippen molar-refractivity contribution in [2.45, 2.75) is 13.8 Å². The third kappa shape index (κ3) is 4.33. The molecule has 1 aromatic heterocycles. The molecule has 3 aromatic rings. The topological polar surface area (TPSA) is 61.3 Å². The maximum Gasteiger partial charge on any atom is 0.338 e. The molecule has 0 aliphatic carbocycles. The zero-order chi connectivity index (χ0) is 17.8. The Kier molecular flexibility index (Phi) is 5.28. The average Bonchev–Trinajstić information content (AvgIpc) is 2.59. The maximum absolute atomic E-state index is 12.2. The third-order valence-electron chi connectivity index (χ3n) is 3.69. The Labute approximate surface area is 154 Å². The van der Waals surface area contributed by atoms with Crippen LogP contribution in [0.2, 0.25) is 0 Å². The number of esters is 1. The van der Waals surface area contributed by atoms with E-state index in [-0.39, 0.29) is 13.2 Å². The lowest BCUT2D eigenvalue weighted by atomic mass is 10.2. The molecular formula is C19H17BrN2O3. The van der Waals surface area contributed by atoms with Gasteiger partial charge in [0.1, 0.15) is 19.0 Å². The molecule has 0 bridgehead atoms. The van der Waals surface area contributed by atoms with Gasteiger partial charge in [-0.15, -0.1) is 0 Å². The quantitative estimate of drug-likeness (QED) is 0.473. The number of nitrogens with zero attached hydrogens (tertiary/aromatic N) is 2. The summed E-state index contributed by atoms with van der Waals surface area (Å²) in [5.74, 6) is 0.317. The van der Waals surface area contributed by atoms with Gasteiger partial charge in [-0.25, -0.2) is 14.8 Å². The van der Waals surface area contributed by atoms with E-state index in [4.69, 9.17) is 9.47 Å². The van der Waals surface area contributed by atoms with Crippen LogP contribution in [0.4, 0.5) is 0 Å².